The minimum atomic E-state index is -4.78. The van der Waals surface area contributed by atoms with Crippen LogP contribution in [0, 0.1) is 0 Å². The van der Waals surface area contributed by atoms with Crippen LogP contribution in [0.2, 0.25) is 15.1 Å². The van der Waals surface area contributed by atoms with Crippen molar-refractivity contribution in [3.05, 3.63) is 45.2 Å². The van der Waals surface area contributed by atoms with E-state index in [1.54, 1.807) is 0 Å². The molecule has 0 aliphatic rings. The number of nitrogens with zero attached hydrogens (tertiary/aromatic N) is 1. The molecule has 0 aliphatic heterocycles. The van der Waals surface area contributed by atoms with Gasteiger partial charge >= 0.3 is 6.18 Å². The lowest BCUT2D eigenvalue weighted by molar-refractivity contribution is -0.142. The molecular formula is C12H5Cl3F3NO. The second-order valence-corrected chi connectivity index (χ2v) is 4.94. The molecule has 0 saturated heterocycles. The first-order valence-electron chi connectivity index (χ1n) is 5.12. The summed E-state index contributed by atoms with van der Waals surface area (Å²) in [5.74, 6) is -1.01. The molecule has 1 heterocycles. The van der Waals surface area contributed by atoms with Crippen LogP contribution in [-0.4, -0.2) is 10.1 Å². The zero-order valence-electron chi connectivity index (χ0n) is 9.47. The quantitative estimate of drug-likeness (QED) is 0.701. The average Bonchev–Trinajstić information content (AvgIpc) is 2.36. The highest BCUT2D eigenvalue weighted by Crippen LogP contribution is 2.44. The van der Waals surface area contributed by atoms with Gasteiger partial charge in [-0.25, -0.2) is 4.98 Å². The molecule has 2 rings (SSSR count). The van der Waals surface area contributed by atoms with Crippen LogP contribution >= 0.6 is 34.8 Å². The van der Waals surface area contributed by atoms with Gasteiger partial charge in [-0.05, 0) is 12.1 Å². The van der Waals surface area contributed by atoms with Crippen LogP contribution in [0.25, 0.3) is 11.1 Å². The number of aromatic nitrogens is 1. The van der Waals surface area contributed by atoms with Crippen molar-refractivity contribution in [1.82, 2.24) is 4.98 Å². The van der Waals surface area contributed by atoms with E-state index >= 15 is 0 Å². The van der Waals surface area contributed by atoms with E-state index in [0.717, 1.165) is 6.20 Å². The van der Waals surface area contributed by atoms with Crippen LogP contribution in [-0.2, 0) is 6.18 Å². The molecule has 20 heavy (non-hydrogen) atoms. The van der Waals surface area contributed by atoms with E-state index in [9.17, 15) is 18.3 Å². The van der Waals surface area contributed by atoms with Crippen LogP contribution in [0.5, 0.6) is 5.75 Å². The zero-order valence-corrected chi connectivity index (χ0v) is 11.7. The van der Waals surface area contributed by atoms with Crippen molar-refractivity contribution in [3.63, 3.8) is 0 Å². The Balaban J connectivity index is 2.69. The number of rotatable bonds is 1. The van der Waals surface area contributed by atoms with Crippen LogP contribution in [0.3, 0.4) is 0 Å². The lowest BCUT2D eigenvalue weighted by Crippen LogP contribution is -2.08. The maximum Gasteiger partial charge on any atom is 0.437 e. The molecule has 0 unspecified atom stereocenters. The molecule has 0 aliphatic carbocycles. The summed E-state index contributed by atoms with van der Waals surface area (Å²) in [4.78, 5) is 3.13. The Morgan fingerprint density at radius 2 is 1.60 bits per heavy atom. The number of aromatic hydroxyl groups is 1. The number of pyridine rings is 1. The third-order valence-electron chi connectivity index (χ3n) is 2.52. The number of halogens is 6. The van der Waals surface area contributed by atoms with Gasteiger partial charge in [-0.2, -0.15) is 13.2 Å². The van der Waals surface area contributed by atoms with Crippen molar-refractivity contribution in [2.24, 2.45) is 0 Å². The van der Waals surface area contributed by atoms with Gasteiger partial charge in [0.15, 0.2) is 11.4 Å². The van der Waals surface area contributed by atoms with Crippen molar-refractivity contribution < 1.29 is 18.3 Å². The van der Waals surface area contributed by atoms with E-state index in [2.05, 4.69) is 4.98 Å². The summed E-state index contributed by atoms with van der Waals surface area (Å²) in [5, 5.41) is 9.85. The van der Waals surface area contributed by atoms with Gasteiger partial charge in [0.2, 0.25) is 0 Å². The van der Waals surface area contributed by atoms with Gasteiger partial charge < -0.3 is 5.11 Å². The SMILES string of the molecule is Oc1c(-c2ccc(Cl)c(Cl)c2Cl)ccnc1C(F)(F)F. The molecule has 2 aromatic rings. The normalized spacial score (nSPS) is 11.7. The van der Waals surface area contributed by atoms with Gasteiger partial charge in [0.25, 0.3) is 0 Å². The van der Waals surface area contributed by atoms with E-state index in [-0.39, 0.29) is 26.2 Å². The standard InChI is InChI=1S/C12H5Cl3F3NO/c13-7-2-1-5(8(14)9(7)15)6-3-4-19-11(10(6)20)12(16,17)18/h1-4,20H. The number of hydrogen-bond donors (Lipinski definition) is 1. The molecule has 1 N–H and O–H groups in total. The van der Waals surface area contributed by atoms with Gasteiger partial charge in [-0.15, -0.1) is 0 Å². The molecular weight excluding hydrogens is 337 g/mol. The van der Waals surface area contributed by atoms with Gasteiger partial charge in [0, 0.05) is 17.3 Å². The van der Waals surface area contributed by atoms with Crippen LogP contribution in [0.4, 0.5) is 13.2 Å². The summed E-state index contributed by atoms with van der Waals surface area (Å²) in [7, 11) is 0. The summed E-state index contributed by atoms with van der Waals surface area (Å²) in [5.41, 5.74) is -1.39. The predicted molar refractivity (Wildman–Crippen MR) is 71.4 cm³/mol. The molecule has 0 fully saturated rings. The smallest absolute Gasteiger partial charge is 0.437 e. The topological polar surface area (TPSA) is 33.1 Å². The van der Waals surface area contributed by atoms with E-state index in [0.29, 0.717) is 0 Å². The largest absolute Gasteiger partial charge is 0.505 e. The molecule has 0 spiro atoms. The van der Waals surface area contributed by atoms with Crippen molar-refractivity contribution in [3.8, 4) is 16.9 Å². The summed E-state index contributed by atoms with van der Waals surface area (Å²) >= 11 is 17.5. The summed E-state index contributed by atoms with van der Waals surface area (Å²) < 4.78 is 38.1. The Labute approximate surface area is 126 Å². The fourth-order valence-corrected chi connectivity index (χ4v) is 2.25. The monoisotopic (exact) mass is 341 g/mol. The van der Waals surface area contributed by atoms with Crippen LogP contribution < -0.4 is 0 Å². The van der Waals surface area contributed by atoms with Gasteiger partial charge in [0.05, 0.1) is 15.1 Å². The van der Waals surface area contributed by atoms with Gasteiger partial charge in [0.1, 0.15) is 0 Å². The minimum absolute atomic E-state index is 0.00407. The van der Waals surface area contributed by atoms with E-state index in [4.69, 9.17) is 34.8 Å². The molecule has 1 aromatic carbocycles. The molecule has 0 radical (unpaired) electrons. The van der Waals surface area contributed by atoms with E-state index in [1.165, 1.54) is 18.2 Å². The molecule has 2 nitrogen and oxygen atoms in total. The minimum Gasteiger partial charge on any atom is -0.505 e. The zero-order chi connectivity index (χ0) is 15.1. The molecule has 0 saturated carbocycles. The summed E-state index contributed by atoms with van der Waals surface area (Å²) in [6, 6.07) is 3.94. The maximum absolute atomic E-state index is 12.7. The fourth-order valence-electron chi connectivity index (χ4n) is 1.61. The van der Waals surface area contributed by atoms with Crippen molar-refractivity contribution in [2.45, 2.75) is 6.18 Å². The Morgan fingerprint density at radius 1 is 0.950 bits per heavy atom. The van der Waals surface area contributed by atoms with Gasteiger partial charge in [-0.1, -0.05) is 40.9 Å². The lowest BCUT2D eigenvalue weighted by Gasteiger charge is -2.13. The van der Waals surface area contributed by atoms with E-state index < -0.39 is 17.6 Å². The first-order valence-corrected chi connectivity index (χ1v) is 6.26. The number of benzene rings is 1. The van der Waals surface area contributed by atoms with Crippen molar-refractivity contribution >= 4 is 34.8 Å². The maximum atomic E-state index is 12.7. The molecule has 0 bridgehead atoms. The molecule has 1 aromatic heterocycles. The third-order valence-corrected chi connectivity index (χ3v) is 3.81. The number of alkyl halides is 3. The first kappa shape index (κ1) is 15.2. The van der Waals surface area contributed by atoms with E-state index in [1.807, 2.05) is 0 Å². The predicted octanol–water partition coefficient (Wildman–Crippen LogP) is 5.43. The first-order chi connectivity index (χ1) is 9.23. The lowest BCUT2D eigenvalue weighted by atomic mass is 10.0. The molecule has 0 amide bonds. The fraction of sp³-hybridized carbons (Fsp3) is 0.0833. The Morgan fingerprint density at radius 3 is 2.20 bits per heavy atom. The summed E-state index contributed by atoms with van der Waals surface area (Å²) in [6.07, 6.45) is -3.85. The Hall–Kier alpha value is -1.17. The molecule has 106 valence electrons. The van der Waals surface area contributed by atoms with Crippen LogP contribution in [0.1, 0.15) is 5.69 Å². The van der Waals surface area contributed by atoms with Crippen LogP contribution in [0.15, 0.2) is 24.4 Å². The molecule has 0 atom stereocenters. The second kappa shape index (κ2) is 5.31. The summed E-state index contributed by atoms with van der Waals surface area (Å²) in [6.45, 7) is 0. The highest BCUT2D eigenvalue weighted by molar-refractivity contribution is 6.49. The number of hydrogen-bond acceptors (Lipinski definition) is 2. The van der Waals surface area contributed by atoms with Crippen molar-refractivity contribution in [1.29, 1.82) is 0 Å². The highest BCUT2D eigenvalue weighted by atomic mass is 35.5. The molecule has 8 heteroatoms. The van der Waals surface area contributed by atoms with Crippen molar-refractivity contribution in [2.75, 3.05) is 0 Å². The second-order valence-electron chi connectivity index (χ2n) is 3.78. The highest BCUT2D eigenvalue weighted by Gasteiger charge is 2.37. The Kier molecular flexibility index (Phi) is 4.04. The average molecular weight is 343 g/mol. The van der Waals surface area contributed by atoms with Gasteiger partial charge in [-0.3, -0.25) is 0 Å². The third kappa shape index (κ3) is 2.66. The Bertz CT molecular complexity index is 674.